The van der Waals surface area contributed by atoms with Gasteiger partial charge < -0.3 is 16.0 Å². The molecular formula is C16H24BrN3O. The van der Waals surface area contributed by atoms with E-state index in [2.05, 4.69) is 51.3 Å². The van der Waals surface area contributed by atoms with Crippen molar-refractivity contribution in [2.45, 2.75) is 32.2 Å². The third kappa shape index (κ3) is 4.20. The van der Waals surface area contributed by atoms with Gasteiger partial charge in [-0.3, -0.25) is 4.79 Å². The Morgan fingerprint density at radius 2 is 2.14 bits per heavy atom. The highest BCUT2D eigenvalue weighted by atomic mass is 79.9. The van der Waals surface area contributed by atoms with Crippen LogP contribution < -0.4 is 16.0 Å². The van der Waals surface area contributed by atoms with Crippen LogP contribution in [0.5, 0.6) is 0 Å². The van der Waals surface area contributed by atoms with Gasteiger partial charge in [0.1, 0.15) is 0 Å². The predicted octanol–water partition coefficient (Wildman–Crippen LogP) is 2.82. The molecule has 1 aliphatic rings. The SMILES string of the molecule is CNC(C)c1cc(Br)ccc1N1CCC(CC(N)=O)CC1. The van der Waals surface area contributed by atoms with Gasteiger partial charge >= 0.3 is 0 Å². The summed E-state index contributed by atoms with van der Waals surface area (Å²) in [6.45, 7) is 4.15. The molecule has 1 fully saturated rings. The van der Waals surface area contributed by atoms with Gasteiger partial charge in [-0.25, -0.2) is 0 Å². The van der Waals surface area contributed by atoms with Crippen LogP contribution in [0.1, 0.15) is 37.8 Å². The number of halogens is 1. The van der Waals surface area contributed by atoms with Gasteiger partial charge in [-0.2, -0.15) is 0 Å². The van der Waals surface area contributed by atoms with Crippen LogP contribution in [0.3, 0.4) is 0 Å². The number of nitrogens with zero attached hydrogens (tertiary/aromatic N) is 1. The molecule has 1 amide bonds. The van der Waals surface area contributed by atoms with Gasteiger partial charge in [0.25, 0.3) is 0 Å². The Bertz CT molecular complexity index is 498. The highest BCUT2D eigenvalue weighted by Gasteiger charge is 2.23. The quantitative estimate of drug-likeness (QED) is 0.855. The lowest BCUT2D eigenvalue weighted by Gasteiger charge is -2.35. The Hall–Kier alpha value is -1.07. The zero-order valence-electron chi connectivity index (χ0n) is 12.7. The van der Waals surface area contributed by atoms with Crippen LogP contribution in [0.4, 0.5) is 5.69 Å². The van der Waals surface area contributed by atoms with Crippen molar-refractivity contribution in [3.63, 3.8) is 0 Å². The molecule has 116 valence electrons. The summed E-state index contributed by atoms with van der Waals surface area (Å²) in [5.41, 5.74) is 7.90. The average Bonchev–Trinajstić information content (AvgIpc) is 2.47. The maximum Gasteiger partial charge on any atom is 0.217 e. The first kappa shape index (κ1) is 16.3. The molecule has 1 unspecified atom stereocenters. The van der Waals surface area contributed by atoms with E-state index in [4.69, 9.17) is 5.73 Å². The zero-order chi connectivity index (χ0) is 15.4. The van der Waals surface area contributed by atoms with Crippen LogP contribution in [0.25, 0.3) is 0 Å². The normalized spacial score (nSPS) is 17.8. The summed E-state index contributed by atoms with van der Waals surface area (Å²) in [7, 11) is 1.98. The topological polar surface area (TPSA) is 58.4 Å². The van der Waals surface area contributed by atoms with Crippen LogP contribution >= 0.6 is 15.9 Å². The fourth-order valence-electron chi connectivity index (χ4n) is 2.98. The second kappa shape index (κ2) is 7.27. The van der Waals surface area contributed by atoms with E-state index in [1.54, 1.807) is 0 Å². The van der Waals surface area contributed by atoms with E-state index >= 15 is 0 Å². The molecule has 0 spiro atoms. The minimum atomic E-state index is -0.179. The summed E-state index contributed by atoms with van der Waals surface area (Å²) >= 11 is 3.56. The van der Waals surface area contributed by atoms with E-state index in [-0.39, 0.29) is 5.91 Å². The maximum atomic E-state index is 11.0. The lowest BCUT2D eigenvalue weighted by molar-refractivity contribution is -0.119. The summed E-state index contributed by atoms with van der Waals surface area (Å²) < 4.78 is 1.10. The zero-order valence-corrected chi connectivity index (χ0v) is 14.3. The van der Waals surface area contributed by atoms with Gasteiger partial charge in [0.2, 0.25) is 5.91 Å². The highest BCUT2D eigenvalue weighted by Crippen LogP contribution is 2.32. The number of hydrogen-bond donors (Lipinski definition) is 2. The molecule has 21 heavy (non-hydrogen) atoms. The first-order valence-corrected chi connectivity index (χ1v) is 8.30. The number of rotatable bonds is 5. The van der Waals surface area contributed by atoms with Gasteiger partial charge in [-0.1, -0.05) is 15.9 Å². The van der Waals surface area contributed by atoms with Crippen LogP contribution in [-0.2, 0) is 4.79 Å². The van der Waals surface area contributed by atoms with Crippen molar-refractivity contribution in [1.82, 2.24) is 5.32 Å². The number of nitrogens with two attached hydrogens (primary N) is 1. The maximum absolute atomic E-state index is 11.0. The molecule has 0 bridgehead atoms. The number of carbonyl (C=O) groups is 1. The molecule has 1 aromatic carbocycles. The highest BCUT2D eigenvalue weighted by molar-refractivity contribution is 9.10. The molecule has 1 aliphatic heterocycles. The minimum Gasteiger partial charge on any atom is -0.371 e. The fourth-order valence-corrected chi connectivity index (χ4v) is 3.36. The lowest BCUT2D eigenvalue weighted by atomic mass is 9.92. The number of benzene rings is 1. The summed E-state index contributed by atoms with van der Waals surface area (Å²) in [6, 6.07) is 6.77. The summed E-state index contributed by atoms with van der Waals surface area (Å²) in [4.78, 5) is 13.5. The van der Waals surface area contributed by atoms with Crippen LogP contribution in [-0.4, -0.2) is 26.0 Å². The predicted molar refractivity (Wildman–Crippen MR) is 90.4 cm³/mol. The number of primary amides is 1. The van der Waals surface area contributed by atoms with Crippen molar-refractivity contribution < 1.29 is 4.79 Å². The molecule has 0 saturated carbocycles. The third-order valence-corrected chi connectivity index (χ3v) is 4.83. The molecule has 1 atom stereocenters. The van der Waals surface area contributed by atoms with Crippen LogP contribution in [0.2, 0.25) is 0 Å². The number of hydrogen-bond acceptors (Lipinski definition) is 3. The van der Waals surface area contributed by atoms with Gasteiger partial charge in [0.05, 0.1) is 0 Å². The van der Waals surface area contributed by atoms with Gasteiger partial charge in [-0.15, -0.1) is 0 Å². The van der Waals surface area contributed by atoms with E-state index in [1.165, 1.54) is 11.3 Å². The van der Waals surface area contributed by atoms with E-state index < -0.39 is 0 Å². The van der Waals surface area contributed by atoms with E-state index in [0.29, 0.717) is 18.4 Å². The van der Waals surface area contributed by atoms with Crippen molar-refractivity contribution in [2.24, 2.45) is 11.7 Å². The summed E-state index contributed by atoms with van der Waals surface area (Å²) in [5, 5.41) is 3.31. The Labute approximate surface area is 135 Å². The second-order valence-corrected chi connectivity index (χ2v) is 6.73. The molecule has 3 N–H and O–H groups in total. The molecule has 1 heterocycles. The summed E-state index contributed by atoms with van der Waals surface area (Å²) in [5.74, 6) is 0.265. The fraction of sp³-hybridized carbons (Fsp3) is 0.562. The molecule has 1 saturated heterocycles. The smallest absolute Gasteiger partial charge is 0.217 e. The molecule has 0 aromatic heterocycles. The lowest BCUT2D eigenvalue weighted by Crippen LogP contribution is -2.36. The molecule has 5 heteroatoms. The first-order chi connectivity index (χ1) is 10.0. The molecular weight excluding hydrogens is 330 g/mol. The Kier molecular flexibility index (Phi) is 5.65. The minimum absolute atomic E-state index is 0.179. The average molecular weight is 354 g/mol. The van der Waals surface area contributed by atoms with Gasteiger partial charge in [0.15, 0.2) is 0 Å². The van der Waals surface area contributed by atoms with Gasteiger partial charge in [0, 0.05) is 35.7 Å². The number of amides is 1. The van der Waals surface area contributed by atoms with E-state index in [1.807, 2.05) is 7.05 Å². The van der Waals surface area contributed by atoms with E-state index in [0.717, 1.165) is 30.4 Å². The van der Waals surface area contributed by atoms with Crippen LogP contribution in [0, 0.1) is 5.92 Å². The first-order valence-electron chi connectivity index (χ1n) is 7.51. The van der Waals surface area contributed by atoms with Crippen molar-refractivity contribution in [1.29, 1.82) is 0 Å². The molecule has 0 radical (unpaired) electrons. The number of nitrogens with one attached hydrogen (secondary N) is 1. The van der Waals surface area contributed by atoms with Crippen molar-refractivity contribution in [3.05, 3.63) is 28.2 Å². The largest absolute Gasteiger partial charge is 0.371 e. The van der Waals surface area contributed by atoms with Crippen molar-refractivity contribution in [3.8, 4) is 0 Å². The molecule has 0 aliphatic carbocycles. The number of anilines is 1. The monoisotopic (exact) mass is 353 g/mol. The Balaban J connectivity index is 2.11. The summed E-state index contributed by atoms with van der Waals surface area (Å²) in [6.07, 6.45) is 2.59. The van der Waals surface area contributed by atoms with Gasteiger partial charge in [-0.05, 0) is 56.5 Å². The standard InChI is InChI=1S/C16H24BrN3O/c1-11(19-2)14-10-13(17)3-4-15(14)20-7-5-12(6-8-20)9-16(18)21/h3-4,10-12,19H,5-9H2,1-2H3,(H2,18,21). The third-order valence-electron chi connectivity index (χ3n) is 4.33. The number of carbonyl (C=O) groups excluding carboxylic acids is 1. The second-order valence-electron chi connectivity index (χ2n) is 5.81. The molecule has 1 aromatic rings. The Morgan fingerprint density at radius 1 is 1.48 bits per heavy atom. The number of piperidine rings is 1. The van der Waals surface area contributed by atoms with Crippen LogP contribution in [0.15, 0.2) is 22.7 Å². The van der Waals surface area contributed by atoms with E-state index in [9.17, 15) is 4.79 Å². The molecule has 4 nitrogen and oxygen atoms in total. The van der Waals surface area contributed by atoms with Crippen molar-refractivity contribution >= 4 is 27.5 Å². The van der Waals surface area contributed by atoms with Crippen molar-refractivity contribution in [2.75, 3.05) is 25.0 Å². The Morgan fingerprint density at radius 3 is 2.71 bits per heavy atom. The molecule has 2 rings (SSSR count).